The molecule has 0 saturated carbocycles. The Hall–Kier alpha value is -2.36. The highest BCUT2D eigenvalue weighted by molar-refractivity contribution is 6.08. The van der Waals surface area contributed by atoms with Crippen molar-refractivity contribution < 1.29 is 4.79 Å². The molecule has 0 aliphatic rings. The normalized spacial score (nSPS) is 10.0. The van der Waals surface area contributed by atoms with E-state index in [4.69, 9.17) is 0 Å². The summed E-state index contributed by atoms with van der Waals surface area (Å²) in [4.78, 5) is 16.2. The molecule has 2 N–H and O–H groups in total. The second-order valence-corrected chi connectivity index (χ2v) is 4.27. The van der Waals surface area contributed by atoms with Crippen molar-refractivity contribution >= 4 is 17.3 Å². The van der Waals surface area contributed by atoms with Crippen molar-refractivity contribution in [3.63, 3.8) is 0 Å². The highest BCUT2D eigenvalue weighted by Crippen LogP contribution is 2.19. The van der Waals surface area contributed by atoms with E-state index in [-0.39, 0.29) is 5.91 Å². The number of aromatic nitrogens is 1. The van der Waals surface area contributed by atoms with Gasteiger partial charge in [-0.05, 0) is 38.1 Å². The Morgan fingerprint density at radius 1 is 1.21 bits per heavy atom. The zero-order valence-electron chi connectivity index (χ0n) is 11.1. The fraction of sp³-hybridized carbons (Fsp3) is 0.200. The van der Waals surface area contributed by atoms with Crippen LogP contribution in [0, 0.1) is 6.92 Å². The highest BCUT2D eigenvalue weighted by Gasteiger charge is 2.11. The van der Waals surface area contributed by atoms with E-state index >= 15 is 0 Å². The minimum Gasteiger partial charge on any atom is -0.385 e. The van der Waals surface area contributed by atoms with E-state index in [1.807, 2.05) is 32.0 Å². The van der Waals surface area contributed by atoms with E-state index in [0.29, 0.717) is 5.56 Å². The maximum Gasteiger partial charge on any atom is 0.257 e. The predicted octanol–water partition coefficient (Wildman–Crippen LogP) is 3.07. The average molecular weight is 255 g/mol. The number of carbonyl (C=O) groups is 1. The number of carbonyl (C=O) groups excluding carboxylic acids is 1. The van der Waals surface area contributed by atoms with Crippen molar-refractivity contribution in [2.45, 2.75) is 13.8 Å². The zero-order chi connectivity index (χ0) is 13.7. The SMILES string of the molecule is CCNc1ccc(C)cc1C(=O)Nc1ccncc1. The van der Waals surface area contributed by atoms with E-state index in [9.17, 15) is 4.79 Å². The molecule has 0 atom stereocenters. The Morgan fingerprint density at radius 3 is 2.63 bits per heavy atom. The lowest BCUT2D eigenvalue weighted by molar-refractivity contribution is 0.102. The van der Waals surface area contributed by atoms with Gasteiger partial charge in [0.05, 0.1) is 5.56 Å². The second-order valence-electron chi connectivity index (χ2n) is 4.27. The molecule has 1 amide bonds. The third-order valence-corrected chi connectivity index (χ3v) is 2.73. The molecular weight excluding hydrogens is 238 g/mol. The summed E-state index contributed by atoms with van der Waals surface area (Å²) in [7, 11) is 0. The fourth-order valence-electron chi connectivity index (χ4n) is 1.82. The summed E-state index contributed by atoms with van der Waals surface area (Å²) >= 11 is 0. The van der Waals surface area contributed by atoms with Crippen molar-refractivity contribution in [3.8, 4) is 0 Å². The number of rotatable bonds is 4. The largest absolute Gasteiger partial charge is 0.385 e. The zero-order valence-corrected chi connectivity index (χ0v) is 11.1. The lowest BCUT2D eigenvalue weighted by atomic mass is 10.1. The number of aryl methyl sites for hydroxylation is 1. The first-order chi connectivity index (χ1) is 9.20. The first-order valence-corrected chi connectivity index (χ1v) is 6.26. The third kappa shape index (κ3) is 3.31. The number of amides is 1. The van der Waals surface area contributed by atoms with Crippen LogP contribution in [0.1, 0.15) is 22.8 Å². The Labute approximate surface area is 112 Å². The smallest absolute Gasteiger partial charge is 0.257 e. The average Bonchev–Trinajstić information content (AvgIpc) is 2.42. The lowest BCUT2D eigenvalue weighted by Crippen LogP contribution is -2.15. The first kappa shape index (κ1) is 13.1. The molecule has 0 bridgehead atoms. The Kier molecular flexibility index (Phi) is 4.13. The van der Waals surface area contributed by atoms with Gasteiger partial charge in [-0.2, -0.15) is 0 Å². The first-order valence-electron chi connectivity index (χ1n) is 6.26. The van der Waals surface area contributed by atoms with Gasteiger partial charge in [-0.3, -0.25) is 9.78 Å². The summed E-state index contributed by atoms with van der Waals surface area (Å²) in [6.45, 7) is 4.75. The molecule has 1 aromatic heterocycles. The molecule has 1 aromatic carbocycles. The molecule has 1 heterocycles. The van der Waals surface area contributed by atoms with Crippen LogP contribution in [-0.2, 0) is 0 Å². The summed E-state index contributed by atoms with van der Waals surface area (Å²) in [6.07, 6.45) is 3.30. The molecule has 0 spiro atoms. The van der Waals surface area contributed by atoms with Gasteiger partial charge in [-0.25, -0.2) is 0 Å². The molecule has 0 radical (unpaired) electrons. The van der Waals surface area contributed by atoms with Gasteiger partial charge in [-0.15, -0.1) is 0 Å². The summed E-state index contributed by atoms with van der Waals surface area (Å²) in [6, 6.07) is 9.33. The van der Waals surface area contributed by atoms with Crippen LogP contribution >= 0.6 is 0 Å². The van der Waals surface area contributed by atoms with Crippen LogP contribution in [0.5, 0.6) is 0 Å². The van der Waals surface area contributed by atoms with Gasteiger partial charge in [-0.1, -0.05) is 11.6 Å². The van der Waals surface area contributed by atoms with Gasteiger partial charge in [0.1, 0.15) is 0 Å². The van der Waals surface area contributed by atoms with Gasteiger partial charge in [0.15, 0.2) is 0 Å². The van der Waals surface area contributed by atoms with Crippen molar-refractivity contribution in [2.24, 2.45) is 0 Å². The standard InChI is InChI=1S/C15H17N3O/c1-3-17-14-5-4-11(2)10-13(14)15(19)18-12-6-8-16-9-7-12/h4-10,17H,3H2,1-2H3,(H,16,18,19). The second kappa shape index (κ2) is 6.00. The summed E-state index contributed by atoms with van der Waals surface area (Å²) < 4.78 is 0. The van der Waals surface area contributed by atoms with Gasteiger partial charge in [0.25, 0.3) is 5.91 Å². The number of pyridine rings is 1. The quantitative estimate of drug-likeness (QED) is 0.882. The number of anilines is 2. The van der Waals surface area contributed by atoms with Gasteiger partial charge in [0, 0.05) is 30.3 Å². The third-order valence-electron chi connectivity index (χ3n) is 2.73. The van der Waals surface area contributed by atoms with Gasteiger partial charge in [0.2, 0.25) is 0 Å². The molecule has 0 aliphatic carbocycles. The monoisotopic (exact) mass is 255 g/mol. The maximum atomic E-state index is 12.3. The van der Waals surface area contributed by atoms with Crippen LogP contribution in [0.3, 0.4) is 0 Å². The number of hydrogen-bond donors (Lipinski definition) is 2. The van der Waals surface area contributed by atoms with E-state index in [1.165, 1.54) is 0 Å². The van der Waals surface area contributed by atoms with Crippen LogP contribution in [0.2, 0.25) is 0 Å². The van der Waals surface area contributed by atoms with Crippen LogP contribution < -0.4 is 10.6 Å². The molecule has 4 heteroatoms. The Balaban J connectivity index is 2.25. The van der Waals surface area contributed by atoms with Crippen molar-refractivity contribution in [1.82, 2.24) is 4.98 Å². The molecule has 98 valence electrons. The van der Waals surface area contributed by atoms with Crippen LogP contribution in [0.4, 0.5) is 11.4 Å². The molecule has 0 fully saturated rings. The predicted molar refractivity (Wildman–Crippen MR) is 77.5 cm³/mol. The van der Waals surface area contributed by atoms with Crippen LogP contribution in [-0.4, -0.2) is 17.4 Å². The van der Waals surface area contributed by atoms with E-state index in [1.54, 1.807) is 24.5 Å². The van der Waals surface area contributed by atoms with Crippen molar-refractivity contribution in [1.29, 1.82) is 0 Å². The number of hydrogen-bond acceptors (Lipinski definition) is 3. The fourth-order valence-corrected chi connectivity index (χ4v) is 1.82. The molecule has 2 rings (SSSR count). The van der Waals surface area contributed by atoms with Gasteiger partial charge < -0.3 is 10.6 Å². The molecule has 0 aliphatic heterocycles. The van der Waals surface area contributed by atoms with E-state index in [2.05, 4.69) is 15.6 Å². The van der Waals surface area contributed by atoms with Crippen LogP contribution in [0.15, 0.2) is 42.7 Å². The molecule has 4 nitrogen and oxygen atoms in total. The maximum absolute atomic E-state index is 12.3. The minimum absolute atomic E-state index is 0.120. The van der Waals surface area contributed by atoms with E-state index < -0.39 is 0 Å². The summed E-state index contributed by atoms with van der Waals surface area (Å²) in [5, 5.41) is 6.06. The molecule has 2 aromatic rings. The number of nitrogens with one attached hydrogen (secondary N) is 2. The van der Waals surface area contributed by atoms with Crippen molar-refractivity contribution in [3.05, 3.63) is 53.9 Å². The van der Waals surface area contributed by atoms with Crippen LogP contribution in [0.25, 0.3) is 0 Å². The summed E-state index contributed by atoms with van der Waals surface area (Å²) in [5.41, 5.74) is 3.30. The highest BCUT2D eigenvalue weighted by atomic mass is 16.1. The van der Waals surface area contributed by atoms with Gasteiger partial charge >= 0.3 is 0 Å². The molecule has 0 unspecified atom stereocenters. The Bertz CT molecular complexity index is 567. The number of benzene rings is 1. The molecular formula is C15H17N3O. The number of nitrogens with zero attached hydrogens (tertiary/aromatic N) is 1. The Morgan fingerprint density at radius 2 is 1.95 bits per heavy atom. The molecule has 19 heavy (non-hydrogen) atoms. The topological polar surface area (TPSA) is 54.0 Å². The molecule has 0 saturated heterocycles. The van der Waals surface area contributed by atoms with Crippen molar-refractivity contribution in [2.75, 3.05) is 17.2 Å². The lowest BCUT2D eigenvalue weighted by Gasteiger charge is -2.12. The minimum atomic E-state index is -0.120. The summed E-state index contributed by atoms with van der Waals surface area (Å²) in [5.74, 6) is -0.120. The van der Waals surface area contributed by atoms with E-state index in [0.717, 1.165) is 23.5 Å².